The predicted octanol–water partition coefficient (Wildman–Crippen LogP) is 3.56. The lowest BCUT2D eigenvalue weighted by molar-refractivity contribution is -0.536. The van der Waals surface area contributed by atoms with Gasteiger partial charge in [0.1, 0.15) is 0 Å². The molecule has 0 aromatic heterocycles. The Labute approximate surface area is 108 Å². The van der Waals surface area contributed by atoms with E-state index in [1.54, 1.807) is 0 Å². The van der Waals surface area contributed by atoms with Crippen molar-refractivity contribution in [3.8, 4) is 0 Å². The Morgan fingerprint density at radius 1 is 1.00 bits per heavy atom. The third kappa shape index (κ3) is 13.4. The van der Waals surface area contributed by atoms with Gasteiger partial charge in [-0.05, 0) is 20.8 Å². The van der Waals surface area contributed by atoms with E-state index < -0.39 is 0 Å². The van der Waals surface area contributed by atoms with E-state index >= 15 is 0 Å². The Bertz CT molecular complexity index is 238. The van der Waals surface area contributed by atoms with Gasteiger partial charge < -0.3 is 10.5 Å². The van der Waals surface area contributed by atoms with Crippen molar-refractivity contribution in [1.82, 2.24) is 5.32 Å². The first kappa shape index (κ1) is 18.8. The molecule has 0 aliphatic rings. The van der Waals surface area contributed by atoms with Crippen molar-refractivity contribution in [2.24, 2.45) is 0 Å². The van der Waals surface area contributed by atoms with Crippen molar-refractivity contribution in [3.05, 3.63) is 5.21 Å². The van der Waals surface area contributed by atoms with Gasteiger partial charge in [-0.2, -0.15) is 0 Å². The van der Waals surface area contributed by atoms with E-state index in [9.17, 15) is 5.21 Å². The zero-order chi connectivity index (χ0) is 14.4. The molecule has 0 rings (SSSR count). The molecule has 0 heterocycles. The summed E-state index contributed by atoms with van der Waals surface area (Å²) in [6, 6.07) is 0.593. The van der Waals surface area contributed by atoms with Gasteiger partial charge in [0.2, 0.25) is 0 Å². The maximum Gasteiger partial charge on any atom is 0.164 e. The number of nitrogens with zero attached hydrogens (tertiary/aromatic N) is 1. The minimum absolute atomic E-state index is 0.272. The Kier molecular flexibility index (Phi) is 7.73. The third-order valence-electron chi connectivity index (χ3n) is 1.74. The quantitative estimate of drug-likeness (QED) is 0.331. The van der Waals surface area contributed by atoms with Crippen LogP contribution in [0.25, 0.3) is 0 Å². The first-order valence-electron chi connectivity index (χ1n) is 6.32. The van der Waals surface area contributed by atoms with Crippen LogP contribution in [0, 0.1) is 5.21 Å². The second kappa shape index (κ2) is 7.00. The van der Waals surface area contributed by atoms with Crippen LogP contribution < -0.4 is 5.32 Å². The van der Waals surface area contributed by atoms with Gasteiger partial charge in [0.05, 0.1) is 0 Å². The molecule has 0 radical (unpaired) electrons. The first-order chi connectivity index (χ1) is 7.27. The molecule has 0 aliphatic carbocycles. The van der Waals surface area contributed by atoms with Crippen molar-refractivity contribution in [2.45, 2.75) is 86.4 Å². The maximum absolute atomic E-state index is 11.0. The van der Waals surface area contributed by atoms with Crippen LogP contribution in [0.5, 0.6) is 0 Å². The molecule has 0 unspecified atom stereocenters. The van der Waals surface area contributed by atoms with E-state index in [1.165, 1.54) is 0 Å². The number of hydroxylamine groups is 1. The van der Waals surface area contributed by atoms with E-state index in [2.05, 4.69) is 39.9 Å². The van der Waals surface area contributed by atoms with Crippen LogP contribution >= 0.6 is 0 Å². The van der Waals surface area contributed by atoms with E-state index in [-0.39, 0.29) is 11.1 Å². The van der Waals surface area contributed by atoms with Gasteiger partial charge in [0, 0.05) is 46.2 Å². The van der Waals surface area contributed by atoms with Crippen LogP contribution in [0.4, 0.5) is 0 Å². The Morgan fingerprint density at radius 2 is 1.35 bits per heavy atom. The molecule has 3 nitrogen and oxygen atoms in total. The van der Waals surface area contributed by atoms with Crippen molar-refractivity contribution in [2.75, 3.05) is 0 Å². The zero-order valence-corrected chi connectivity index (χ0v) is 13.4. The predicted molar refractivity (Wildman–Crippen MR) is 77.8 cm³/mol. The summed E-state index contributed by atoms with van der Waals surface area (Å²) >= 11 is 0. The van der Waals surface area contributed by atoms with Crippen LogP contribution in [0.3, 0.4) is 0 Å². The van der Waals surface area contributed by atoms with Crippen LogP contribution in [0.2, 0.25) is 0 Å². The van der Waals surface area contributed by atoms with Crippen molar-refractivity contribution in [1.29, 1.82) is 0 Å². The Morgan fingerprint density at radius 3 is 1.35 bits per heavy atom. The van der Waals surface area contributed by atoms with Gasteiger partial charge in [0.15, 0.2) is 11.3 Å². The SMILES string of the molecule is CC(C)=[N+]([O-])C(C)(C)C.CC(C)NC(C)(C)C. The fourth-order valence-corrected chi connectivity index (χ4v) is 1.54. The third-order valence-corrected chi connectivity index (χ3v) is 1.74. The van der Waals surface area contributed by atoms with E-state index in [0.717, 1.165) is 10.5 Å². The molecule has 0 aromatic rings. The summed E-state index contributed by atoms with van der Waals surface area (Å²) < 4.78 is 1.02. The molecule has 0 saturated heterocycles. The molecule has 104 valence electrons. The molecule has 0 aromatic carbocycles. The maximum atomic E-state index is 11.0. The van der Waals surface area contributed by atoms with E-state index in [4.69, 9.17) is 0 Å². The van der Waals surface area contributed by atoms with Gasteiger partial charge in [-0.1, -0.05) is 13.8 Å². The lowest BCUT2D eigenvalue weighted by atomic mass is 10.1. The average Bonchev–Trinajstić information content (AvgIpc) is 1.96. The molecule has 0 aliphatic heterocycles. The van der Waals surface area contributed by atoms with Gasteiger partial charge in [0.25, 0.3) is 0 Å². The minimum Gasteiger partial charge on any atom is -0.623 e. The average molecular weight is 244 g/mol. The van der Waals surface area contributed by atoms with Crippen LogP contribution in [-0.4, -0.2) is 27.6 Å². The van der Waals surface area contributed by atoms with Gasteiger partial charge >= 0.3 is 0 Å². The summed E-state index contributed by atoms with van der Waals surface area (Å²) in [6.45, 7) is 20.2. The largest absolute Gasteiger partial charge is 0.623 e. The lowest BCUT2D eigenvalue weighted by Gasteiger charge is -2.23. The monoisotopic (exact) mass is 244 g/mol. The highest BCUT2D eigenvalue weighted by atomic mass is 16.5. The van der Waals surface area contributed by atoms with Crippen molar-refractivity contribution in [3.63, 3.8) is 0 Å². The number of hydrogen-bond donors (Lipinski definition) is 1. The van der Waals surface area contributed by atoms with E-state index in [0.29, 0.717) is 6.04 Å². The molecule has 0 amide bonds. The lowest BCUT2D eigenvalue weighted by Crippen LogP contribution is -2.40. The summed E-state index contributed by atoms with van der Waals surface area (Å²) in [7, 11) is 0. The molecular weight excluding hydrogens is 212 g/mol. The molecule has 0 bridgehead atoms. The van der Waals surface area contributed by atoms with Gasteiger partial charge in [-0.15, -0.1) is 0 Å². The van der Waals surface area contributed by atoms with Crippen LogP contribution in [0.15, 0.2) is 0 Å². The Balaban J connectivity index is 0. The fourth-order valence-electron chi connectivity index (χ4n) is 1.54. The first-order valence-corrected chi connectivity index (χ1v) is 6.32. The number of nitrogens with one attached hydrogen (secondary N) is 1. The fraction of sp³-hybridized carbons (Fsp3) is 0.929. The number of rotatable bonds is 1. The molecule has 0 spiro atoms. The molecule has 0 atom stereocenters. The summed E-state index contributed by atoms with van der Waals surface area (Å²) in [6.07, 6.45) is 0. The smallest absolute Gasteiger partial charge is 0.164 e. The summed E-state index contributed by atoms with van der Waals surface area (Å²) in [4.78, 5) is 0. The van der Waals surface area contributed by atoms with Gasteiger partial charge in [-0.25, -0.2) is 4.74 Å². The second-order valence-electron chi connectivity index (χ2n) is 6.96. The molecule has 3 heteroatoms. The highest BCUT2D eigenvalue weighted by molar-refractivity contribution is 5.74. The van der Waals surface area contributed by atoms with E-state index in [1.807, 2.05) is 34.6 Å². The highest BCUT2D eigenvalue weighted by Gasteiger charge is 2.18. The summed E-state index contributed by atoms with van der Waals surface area (Å²) in [5, 5.41) is 14.4. The molecule has 0 saturated carbocycles. The van der Waals surface area contributed by atoms with Crippen molar-refractivity contribution < 1.29 is 4.74 Å². The minimum atomic E-state index is -0.279. The molecule has 0 fully saturated rings. The molecule has 1 N–H and O–H groups in total. The van der Waals surface area contributed by atoms with Gasteiger partial charge in [-0.3, -0.25) is 0 Å². The van der Waals surface area contributed by atoms with Crippen LogP contribution in [0.1, 0.15) is 69.2 Å². The normalized spacial score (nSPS) is 11.9. The number of hydrogen-bond acceptors (Lipinski definition) is 2. The Hall–Kier alpha value is -0.570. The van der Waals surface area contributed by atoms with Crippen molar-refractivity contribution >= 4 is 5.71 Å². The zero-order valence-electron chi connectivity index (χ0n) is 13.4. The summed E-state index contributed by atoms with van der Waals surface area (Å²) in [5.41, 5.74) is 0.801. The summed E-state index contributed by atoms with van der Waals surface area (Å²) in [5.74, 6) is 0. The second-order valence-corrected chi connectivity index (χ2v) is 6.96. The van der Waals surface area contributed by atoms with Crippen LogP contribution in [-0.2, 0) is 0 Å². The topological polar surface area (TPSA) is 38.1 Å². The molecule has 17 heavy (non-hydrogen) atoms. The molecular formula is C14H32N2O. The highest BCUT2D eigenvalue weighted by Crippen LogP contribution is 2.05. The standard InChI is InChI=1S/C7H15NO.C7H17N/c1-6(2)8(9)7(3,4)5;1-6(2)8-7(3,4)5/h1-5H3;6,8H,1-5H3.